The fourth-order valence-corrected chi connectivity index (χ4v) is 3.31. The fraction of sp³-hybridized carbons (Fsp3) is 0.100. The van der Waals surface area contributed by atoms with Crippen molar-refractivity contribution < 1.29 is 13.6 Å². The molecule has 2 heterocycles. The van der Waals surface area contributed by atoms with Crippen LogP contribution in [-0.4, -0.2) is 17.4 Å². The molecule has 5 heteroatoms. The van der Waals surface area contributed by atoms with E-state index in [0.717, 1.165) is 0 Å². The van der Waals surface area contributed by atoms with Crippen LogP contribution in [0.1, 0.15) is 27.7 Å². The highest BCUT2D eigenvalue weighted by molar-refractivity contribution is 5.99. The number of para-hydroxylation sites is 1. The summed E-state index contributed by atoms with van der Waals surface area (Å²) in [6.07, 6.45) is 1.54. The van der Waals surface area contributed by atoms with Gasteiger partial charge in [-0.1, -0.05) is 36.4 Å². The summed E-state index contributed by atoms with van der Waals surface area (Å²) in [5, 5.41) is 0.371. The average Bonchev–Trinajstić information content (AvgIpc) is 2.89. The molecule has 0 fully saturated rings. The number of hydrogen-bond acceptors (Lipinski definition) is 3. The summed E-state index contributed by atoms with van der Waals surface area (Å²) in [4.78, 5) is 27.2. The zero-order valence-electron chi connectivity index (χ0n) is 13.2. The number of nitrogens with zero attached hydrogens (tertiary/aromatic N) is 1. The molecule has 1 aliphatic heterocycles. The van der Waals surface area contributed by atoms with Crippen molar-refractivity contribution in [2.24, 2.45) is 0 Å². The summed E-state index contributed by atoms with van der Waals surface area (Å²) in [5.74, 6) is -0.945. The lowest BCUT2D eigenvalue weighted by molar-refractivity contribution is 0.0746. The molecule has 4 nitrogen and oxygen atoms in total. The number of amides is 1. The van der Waals surface area contributed by atoms with E-state index in [9.17, 15) is 14.0 Å². The van der Waals surface area contributed by atoms with Gasteiger partial charge in [-0.25, -0.2) is 4.39 Å². The molecule has 0 bridgehead atoms. The van der Waals surface area contributed by atoms with Crippen LogP contribution in [0.3, 0.4) is 0 Å². The van der Waals surface area contributed by atoms with Gasteiger partial charge < -0.3 is 9.32 Å². The second-order valence-corrected chi connectivity index (χ2v) is 5.84. The lowest BCUT2D eigenvalue weighted by Gasteiger charge is -2.24. The van der Waals surface area contributed by atoms with E-state index < -0.39 is 17.8 Å². The Bertz CT molecular complexity index is 1070. The van der Waals surface area contributed by atoms with E-state index in [0.29, 0.717) is 11.0 Å². The molecule has 0 N–H and O–H groups in total. The summed E-state index contributed by atoms with van der Waals surface area (Å²) < 4.78 is 20.1. The third-order valence-electron chi connectivity index (χ3n) is 4.40. The summed E-state index contributed by atoms with van der Waals surface area (Å²) >= 11 is 0. The number of benzene rings is 2. The molecule has 124 valence electrons. The van der Waals surface area contributed by atoms with Crippen LogP contribution in [0, 0.1) is 5.82 Å². The van der Waals surface area contributed by atoms with Crippen LogP contribution >= 0.6 is 0 Å². The summed E-state index contributed by atoms with van der Waals surface area (Å²) in [5.41, 5.74) is 0.465. The number of hydrogen-bond donors (Lipinski definition) is 0. The molecule has 0 unspecified atom stereocenters. The van der Waals surface area contributed by atoms with Crippen LogP contribution in [0.5, 0.6) is 0 Å². The molecule has 1 atom stereocenters. The highest BCUT2D eigenvalue weighted by Crippen LogP contribution is 2.38. The van der Waals surface area contributed by atoms with Gasteiger partial charge in [0.1, 0.15) is 11.4 Å². The second-order valence-electron chi connectivity index (χ2n) is 5.84. The van der Waals surface area contributed by atoms with Gasteiger partial charge in [0.05, 0.1) is 17.0 Å². The van der Waals surface area contributed by atoms with Gasteiger partial charge >= 0.3 is 0 Å². The lowest BCUT2D eigenvalue weighted by Crippen LogP contribution is -2.30. The Morgan fingerprint density at radius 1 is 1.12 bits per heavy atom. The fourth-order valence-electron chi connectivity index (χ4n) is 3.31. The van der Waals surface area contributed by atoms with Crippen molar-refractivity contribution >= 4 is 16.9 Å². The number of fused-ring (bicyclic) bond motifs is 2. The van der Waals surface area contributed by atoms with Crippen LogP contribution in [-0.2, 0) is 0 Å². The molecule has 0 aliphatic carbocycles. The molecular weight excluding hydrogens is 321 g/mol. The predicted octanol–water partition coefficient (Wildman–Crippen LogP) is 3.66. The van der Waals surface area contributed by atoms with E-state index in [1.54, 1.807) is 48.5 Å². The lowest BCUT2D eigenvalue weighted by atomic mass is 9.98. The van der Waals surface area contributed by atoms with Gasteiger partial charge in [-0.2, -0.15) is 0 Å². The Morgan fingerprint density at radius 2 is 1.84 bits per heavy atom. The third kappa shape index (κ3) is 2.20. The van der Waals surface area contributed by atoms with E-state index in [2.05, 4.69) is 6.58 Å². The molecule has 4 rings (SSSR count). The summed E-state index contributed by atoms with van der Waals surface area (Å²) in [6.45, 7) is 3.83. The molecular formula is C20H14FNO3. The van der Waals surface area contributed by atoms with Crippen LogP contribution < -0.4 is 5.43 Å². The smallest absolute Gasteiger partial charge is 0.291 e. The van der Waals surface area contributed by atoms with Gasteiger partial charge in [0, 0.05) is 12.1 Å². The van der Waals surface area contributed by atoms with Crippen molar-refractivity contribution in [3.63, 3.8) is 0 Å². The monoisotopic (exact) mass is 335 g/mol. The normalized spacial score (nSPS) is 16.3. The van der Waals surface area contributed by atoms with E-state index in [1.165, 1.54) is 11.0 Å². The number of carbonyl (C=O) groups is 1. The zero-order valence-corrected chi connectivity index (χ0v) is 13.2. The first-order chi connectivity index (χ1) is 12.1. The molecule has 25 heavy (non-hydrogen) atoms. The Labute approximate surface area is 142 Å². The maximum Gasteiger partial charge on any atom is 0.291 e. The SMILES string of the molecule is C=CCN1C(=O)c2oc3ccccc3c(=O)c2[C@@H]1c1ccccc1F. The van der Waals surface area contributed by atoms with Crippen molar-refractivity contribution in [2.75, 3.05) is 6.54 Å². The first kappa shape index (κ1) is 15.3. The molecule has 1 aromatic heterocycles. The minimum absolute atomic E-state index is 0.0289. The molecule has 1 aliphatic rings. The maximum atomic E-state index is 14.4. The molecule has 1 amide bonds. The zero-order chi connectivity index (χ0) is 17.6. The van der Waals surface area contributed by atoms with Gasteiger partial charge in [0.25, 0.3) is 5.91 Å². The van der Waals surface area contributed by atoms with Crippen LogP contribution in [0.25, 0.3) is 11.0 Å². The van der Waals surface area contributed by atoms with Crippen molar-refractivity contribution in [1.29, 1.82) is 0 Å². The van der Waals surface area contributed by atoms with Gasteiger partial charge in [0.15, 0.2) is 5.43 Å². The highest BCUT2D eigenvalue weighted by Gasteiger charge is 2.43. The quantitative estimate of drug-likeness (QED) is 0.686. The minimum Gasteiger partial charge on any atom is -0.450 e. The van der Waals surface area contributed by atoms with E-state index in [4.69, 9.17) is 4.42 Å². The Balaban J connectivity index is 2.06. The molecule has 0 spiro atoms. The first-order valence-corrected chi connectivity index (χ1v) is 7.85. The topological polar surface area (TPSA) is 50.5 Å². The number of halogens is 1. The van der Waals surface area contributed by atoms with Crippen LogP contribution in [0.15, 0.2) is 70.4 Å². The van der Waals surface area contributed by atoms with Crippen molar-refractivity contribution in [3.8, 4) is 0 Å². The largest absolute Gasteiger partial charge is 0.450 e. The van der Waals surface area contributed by atoms with Crippen LogP contribution in [0.4, 0.5) is 4.39 Å². The van der Waals surface area contributed by atoms with E-state index >= 15 is 0 Å². The van der Waals surface area contributed by atoms with Gasteiger partial charge in [0.2, 0.25) is 5.76 Å². The molecule has 3 aromatic rings. The Hall–Kier alpha value is -3.21. The standard InChI is InChI=1S/C20H14FNO3/c1-2-11-22-17(12-7-3-5-9-14(12)21)16-18(23)13-8-4-6-10-15(13)25-19(16)20(22)24/h2-10,17H,1,11H2/t17-/m0/s1. The second kappa shape index (κ2) is 5.70. The minimum atomic E-state index is -0.831. The molecule has 0 radical (unpaired) electrons. The molecule has 0 saturated heterocycles. The van der Waals surface area contributed by atoms with Crippen molar-refractivity contribution in [3.05, 3.63) is 94.1 Å². The average molecular weight is 335 g/mol. The highest BCUT2D eigenvalue weighted by atomic mass is 19.1. The van der Waals surface area contributed by atoms with Crippen molar-refractivity contribution in [2.45, 2.75) is 6.04 Å². The maximum absolute atomic E-state index is 14.4. The molecule has 2 aromatic carbocycles. The number of carbonyl (C=O) groups excluding carboxylic acids is 1. The predicted molar refractivity (Wildman–Crippen MR) is 92.0 cm³/mol. The number of rotatable bonds is 3. The van der Waals surface area contributed by atoms with Crippen molar-refractivity contribution in [1.82, 2.24) is 4.90 Å². The van der Waals surface area contributed by atoms with E-state index in [1.807, 2.05) is 0 Å². The molecule has 0 saturated carbocycles. The van der Waals surface area contributed by atoms with Gasteiger partial charge in [-0.05, 0) is 18.2 Å². The van der Waals surface area contributed by atoms with Gasteiger partial charge in [-0.3, -0.25) is 9.59 Å². The van der Waals surface area contributed by atoms with E-state index in [-0.39, 0.29) is 28.9 Å². The summed E-state index contributed by atoms with van der Waals surface area (Å²) in [6, 6.07) is 12.0. The van der Waals surface area contributed by atoms with Gasteiger partial charge in [-0.15, -0.1) is 6.58 Å². The third-order valence-corrected chi connectivity index (χ3v) is 4.40. The first-order valence-electron chi connectivity index (χ1n) is 7.85. The van der Waals surface area contributed by atoms with Crippen LogP contribution in [0.2, 0.25) is 0 Å². The Kier molecular flexibility index (Phi) is 3.50. The Morgan fingerprint density at radius 3 is 2.60 bits per heavy atom. The summed E-state index contributed by atoms with van der Waals surface area (Å²) in [7, 11) is 0.